The number of carbonyl (C=O) groups is 2. The summed E-state index contributed by atoms with van der Waals surface area (Å²) in [6, 6.07) is 11.0. The monoisotopic (exact) mass is 524 g/mol. The SMILES string of the molecule is Cc1ccc(NC(=O)c2ncccc2NC(=O)c2ccc([S+](C)(=O)O)cc2OCC2CCCNC2)nc1. The van der Waals surface area contributed by atoms with Gasteiger partial charge in [-0.3, -0.25) is 9.59 Å². The van der Waals surface area contributed by atoms with Gasteiger partial charge in [-0.2, -0.15) is 4.55 Å². The average molecular weight is 525 g/mol. The van der Waals surface area contributed by atoms with Crippen LogP contribution in [0.2, 0.25) is 0 Å². The van der Waals surface area contributed by atoms with Gasteiger partial charge in [-0.15, -0.1) is 0 Å². The van der Waals surface area contributed by atoms with Crippen molar-refractivity contribution in [2.45, 2.75) is 24.7 Å². The van der Waals surface area contributed by atoms with Crippen LogP contribution in [-0.2, 0) is 14.4 Å². The maximum Gasteiger partial charge on any atom is 0.277 e. The fraction of sp³-hybridized carbons (Fsp3) is 0.308. The second kappa shape index (κ2) is 11.6. The van der Waals surface area contributed by atoms with Gasteiger partial charge in [0.15, 0.2) is 10.6 Å². The number of hydrogen-bond acceptors (Lipinski definition) is 7. The Balaban J connectivity index is 1.56. The third-order valence-corrected chi connectivity index (χ3v) is 7.06. The number of nitrogens with one attached hydrogen (secondary N) is 3. The Hall–Kier alpha value is -3.67. The third-order valence-electron chi connectivity index (χ3n) is 5.93. The maximum absolute atomic E-state index is 13.3. The van der Waals surface area contributed by atoms with E-state index in [2.05, 4.69) is 25.9 Å². The first-order chi connectivity index (χ1) is 17.7. The van der Waals surface area contributed by atoms with Crippen molar-refractivity contribution in [3.05, 3.63) is 71.7 Å². The van der Waals surface area contributed by atoms with Crippen LogP contribution in [0.5, 0.6) is 5.75 Å². The van der Waals surface area contributed by atoms with Crippen molar-refractivity contribution in [2.75, 3.05) is 36.6 Å². The van der Waals surface area contributed by atoms with Gasteiger partial charge in [-0.1, -0.05) is 10.3 Å². The second-order valence-corrected chi connectivity index (χ2v) is 11.1. The van der Waals surface area contributed by atoms with E-state index >= 15 is 0 Å². The van der Waals surface area contributed by atoms with Crippen LogP contribution in [-0.4, -0.2) is 52.3 Å². The van der Waals surface area contributed by atoms with Crippen molar-refractivity contribution in [1.82, 2.24) is 15.3 Å². The minimum atomic E-state index is -3.26. The van der Waals surface area contributed by atoms with Crippen LogP contribution in [0.4, 0.5) is 11.5 Å². The molecule has 4 N–H and O–H groups in total. The van der Waals surface area contributed by atoms with Crippen molar-refractivity contribution in [3.8, 4) is 5.75 Å². The van der Waals surface area contributed by atoms with Gasteiger partial charge in [0, 0.05) is 30.9 Å². The summed E-state index contributed by atoms with van der Waals surface area (Å²) < 4.78 is 28.3. The predicted molar refractivity (Wildman–Crippen MR) is 142 cm³/mol. The lowest BCUT2D eigenvalue weighted by Crippen LogP contribution is -2.33. The Labute approximate surface area is 216 Å². The van der Waals surface area contributed by atoms with Gasteiger partial charge >= 0.3 is 0 Å². The lowest BCUT2D eigenvalue weighted by molar-refractivity contribution is 0.102. The molecule has 0 saturated carbocycles. The topological polar surface area (TPSA) is 143 Å². The van der Waals surface area contributed by atoms with Crippen LogP contribution in [0, 0.1) is 12.8 Å². The number of piperidine rings is 1. The Bertz CT molecular complexity index is 1320. The van der Waals surface area contributed by atoms with E-state index in [1.807, 2.05) is 13.0 Å². The number of nitrogens with zero attached hydrogens (tertiary/aromatic N) is 2. The summed E-state index contributed by atoms with van der Waals surface area (Å²) in [5.74, 6) is -0.260. The van der Waals surface area contributed by atoms with Gasteiger partial charge in [0.1, 0.15) is 17.8 Å². The molecule has 0 aliphatic carbocycles. The molecule has 11 heteroatoms. The second-order valence-electron chi connectivity index (χ2n) is 9.01. The standard InChI is InChI=1S/C26H29N5O5S/c1-17-7-10-23(29-14-17)31-26(33)24-21(6-4-12-28-24)30-25(32)20-9-8-19(37(2,34)35)13-22(20)36-16-18-5-3-11-27-15-18/h4,6-10,12-14,18,27H,3,5,11,15-16H2,1-2H3,(H2-,29,30,31,32,33,34,35)/p+1. The lowest BCUT2D eigenvalue weighted by Gasteiger charge is -2.23. The molecule has 10 nitrogen and oxygen atoms in total. The molecule has 4 rings (SSSR count). The van der Waals surface area contributed by atoms with Crippen LogP contribution in [0.3, 0.4) is 0 Å². The summed E-state index contributed by atoms with van der Waals surface area (Å²) in [4.78, 5) is 34.7. The van der Waals surface area contributed by atoms with E-state index in [0.29, 0.717) is 12.4 Å². The summed E-state index contributed by atoms with van der Waals surface area (Å²) >= 11 is 0. The molecule has 37 heavy (non-hydrogen) atoms. The Morgan fingerprint density at radius 1 is 1.16 bits per heavy atom. The lowest BCUT2D eigenvalue weighted by atomic mass is 10.0. The number of aromatic nitrogens is 2. The number of hydrogen-bond donors (Lipinski definition) is 4. The zero-order valence-corrected chi connectivity index (χ0v) is 21.5. The molecule has 1 aromatic carbocycles. The summed E-state index contributed by atoms with van der Waals surface area (Å²) in [6.07, 6.45) is 6.31. The van der Waals surface area contributed by atoms with E-state index in [-0.39, 0.29) is 33.5 Å². The van der Waals surface area contributed by atoms with Crippen molar-refractivity contribution in [2.24, 2.45) is 5.92 Å². The van der Waals surface area contributed by atoms with Gasteiger partial charge in [-0.25, -0.2) is 9.97 Å². The molecule has 2 atom stereocenters. The first-order valence-electron chi connectivity index (χ1n) is 11.9. The van der Waals surface area contributed by atoms with Crippen molar-refractivity contribution in [3.63, 3.8) is 0 Å². The van der Waals surface area contributed by atoms with Crippen molar-refractivity contribution >= 4 is 33.5 Å². The van der Waals surface area contributed by atoms with Gasteiger partial charge in [0.2, 0.25) is 10.2 Å². The van der Waals surface area contributed by atoms with Crippen LogP contribution in [0.1, 0.15) is 39.3 Å². The molecule has 3 aromatic rings. The van der Waals surface area contributed by atoms with Gasteiger partial charge < -0.3 is 20.7 Å². The van der Waals surface area contributed by atoms with E-state index in [4.69, 9.17) is 4.74 Å². The summed E-state index contributed by atoms with van der Waals surface area (Å²) in [6.45, 7) is 4.01. The summed E-state index contributed by atoms with van der Waals surface area (Å²) in [7, 11) is -3.26. The van der Waals surface area contributed by atoms with Gasteiger partial charge in [-0.05, 0) is 62.2 Å². The van der Waals surface area contributed by atoms with Crippen LogP contribution >= 0.6 is 0 Å². The van der Waals surface area contributed by atoms with Crippen LogP contribution < -0.4 is 20.7 Å². The molecule has 0 bridgehead atoms. The molecular weight excluding hydrogens is 494 g/mol. The molecule has 2 aromatic heterocycles. The molecule has 0 radical (unpaired) electrons. The number of benzene rings is 1. The highest BCUT2D eigenvalue weighted by molar-refractivity contribution is 7.97. The molecule has 3 heterocycles. The van der Waals surface area contributed by atoms with Gasteiger partial charge in [0.25, 0.3) is 11.8 Å². The molecule has 1 saturated heterocycles. The molecular formula is C26H30N5O5S+. The van der Waals surface area contributed by atoms with E-state index in [1.54, 1.807) is 24.4 Å². The molecule has 1 aliphatic heterocycles. The highest BCUT2D eigenvalue weighted by Crippen LogP contribution is 2.28. The normalized spacial score (nSPS) is 16.9. The van der Waals surface area contributed by atoms with E-state index in [9.17, 15) is 18.4 Å². The number of rotatable bonds is 8. The minimum Gasteiger partial charge on any atom is -0.492 e. The Morgan fingerprint density at radius 3 is 2.70 bits per heavy atom. The average Bonchev–Trinajstić information content (AvgIpc) is 2.89. The quantitative estimate of drug-likeness (QED) is 0.327. The number of pyridine rings is 2. The van der Waals surface area contributed by atoms with E-state index in [0.717, 1.165) is 31.5 Å². The molecule has 1 aliphatic rings. The molecule has 1 fully saturated rings. The molecule has 194 valence electrons. The largest absolute Gasteiger partial charge is 0.492 e. The predicted octanol–water partition coefficient (Wildman–Crippen LogP) is 3.63. The number of carbonyl (C=O) groups excluding carboxylic acids is 2. The summed E-state index contributed by atoms with van der Waals surface area (Å²) in [5.41, 5.74) is 1.34. The summed E-state index contributed by atoms with van der Waals surface area (Å²) in [5, 5.41) is 8.73. The zero-order valence-electron chi connectivity index (χ0n) is 20.7. The Morgan fingerprint density at radius 2 is 2.00 bits per heavy atom. The van der Waals surface area contributed by atoms with E-state index < -0.39 is 22.0 Å². The fourth-order valence-electron chi connectivity index (χ4n) is 3.91. The highest BCUT2D eigenvalue weighted by atomic mass is 32.3. The smallest absolute Gasteiger partial charge is 0.277 e. The first-order valence-corrected chi connectivity index (χ1v) is 13.8. The molecule has 0 spiro atoms. The Kier molecular flexibility index (Phi) is 8.27. The number of aryl methyl sites for hydroxylation is 1. The number of ether oxygens (including phenoxy) is 1. The maximum atomic E-state index is 13.3. The minimum absolute atomic E-state index is 0.0116. The third kappa shape index (κ3) is 6.97. The fourth-order valence-corrected chi connectivity index (χ4v) is 4.56. The van der Waals surface area contributed by atoms with E-state index in [1.165, 1.54) is 30.7 Å². The first kappa shape index (κ1) is 26.4. The zero-order chi connectivity index (χ0) is 26.4. The highest BCUT2D eigenvalue weighted by Gasteiger charge is 2.26. The van der Waals surface area contributed by atoms with Crippen LogP contribution in [0.15, 0.2) is 59.8 Å². The van der Waals surface area contributed by atoms with Crippen LogP contribution in [0.25, 0.3) is 0 Å². The number of anilines is 2. The number of amides is 2. The van der Waals surface area contributed by atoms with Crippen molar-refractivity contribution < 1.29 is 23.1 Å². The molecule has 2 amide bonds. The molecule has 2 unspecified atom stereocenters. The van der Waals surface area contributed by atoms with Gasteiger partial charge in [0.05, 0.1) is 17.9 Å². The van der Waals surface area contributed by atoms with Crippen molar-refractivity contribution in [1.29, 1.82) is 0 Å².